The highest BCUT2D eigenvalue weighted by Crippen LogP contribution is 2.15. The molecule has 0 amide bonds. The molecule has 13 heavy (non-hydrogen) atoms. The van der Waals surface area contributed by atoms with Crippen LogP contribution in [0.5, 0.6) is 0 Å². The molecule has 76 valence electrons. The maximum Gasteiger partial charge on any atom is 0.334 e. The van der Waals surface area contributed by atoms with Gasteiger partial charge in [0.1, 0.15) is 0 Å². The Morgan fingerprint density at radius 3 is 2.15 bits per heavy atom. The summed E-state index contributed by atoms with van der Waals surface area (Å²) in [5.41, 5.74) is 0.601. The second kappa shape index (κ2) is 5.31. The Kier molecular flexibility index (Phi) is 5.13. The molecule has 0 saturated heterocycles. The van der Waals surface area contributed by atoms with Crippen LogP contribution in [0, 0.1) is 0 Å². The van der Waals surface area contributed by atoms with Gasteiger partial charge in [-0.2, -0.15) is 0 Å². The average Bonchev–Trinajstić information content (AvgIpc) is 2.13. The van der Waals surface area contributed by atoms with Gasteiger partial charge in [-0.25, -0.2) is 0 Å². The monoisotopic (exact) mass is 202 g/mol. The predicted octanol–water partition coefficient (Wildman–Crippen LogP) is 1.89. The fourth-order valence-corrected chi connectivity index (χ4v) is 2.10. The summed E-state index contributed by atoms with van der Waals surface area (Å²) in [6.45, 7) is 7.26. The van der Waals surface area contributed by atoms with Gasteiger partial charge in [-0.05, 0) is 25.1 Å². The van der Waals surface area contributed by atoms with Gasteiger partial charge in [0.15, 0.2) is 5.78 Å². The molecule has 0 fully saturated rings. The normalized spacial score (nSPS) is 11.4. The zero-order valence-electron chi connectivity index (χ0n) is 8.85. The zero-order chi connectivity index (χ0) is 10.5. The van der Waals surface area contributed by atoms with Gasteiger partial charge in [0.25, 0.3) is 0 Å². The number of Topliss-reactive ketones (excluding diaryl/α,β-unsaturated/α-hetero) is 1. The van der Waals surface area contributed by atoms with Gasteiger partial charge in [0.2, 0.25) is 0 Å². The SMILES string of the molecule is C=C(C)C(=O)CC[Si](C)(OC)OC. The van der Waals surface area contributed by atoms with Crippen molar-refractivity contribution in [2.24, 2.45) is 0 Å². The number of carbonyl (C=O) groups excluding carboxylic acids is 1. The first-order chi connectivity index (χ1) is 5.95. The van der Waals surface area contributed by atoms with Crippen LogP contribution in [0.4, 0.5) is 0 Å². The number of carbonyl (C=O) groups is 1. The third-order valence-corrected chi connectivity index (χ3v) is 5.03. The molecule has 0 aromatic heterocycles. The molecule has 0 atom stereocenters. The van der Waals surface area contributed by atoms with Crippen molar-refractivity contribution >= 4 is 14.3 Å². The summed E-state index contributed by atoms with van der Waals surface area (Å²) in [6, 6.07) is 0.686. The Bertz CT molecular complexity index is 197. The van der Waals surface area contributed by atoms with E-state index in [-0.39, 0.29) is 5.78 Å². The fourth-order valence-electron chi connectivity index (χ4n) is 0.841. The van der Waals surface area contributed by atoms with E-state index in [0.29, 0.717) is 18.0 Å². The van der Waals surface area contributed by atoms with Gasteiger partial charge < -0.3 is 8.85 Å². The Hall–Kier alpha value is -0.453. The van der Waals surface area contributed by atoms with E-state index < -0.39 is 8.56 Å². The van der Waals surface area contributed by atoms with Crippen molar-refractivity contribution in [3.8, 4) is 0 Å². The summed E-state index contributed by atoms with van der Waals surface area (Å²) in [4.78, 5) is 11.2. The highest BCUT2D eigenvalue weighted by atomic mass is 28.4. The molecule has 0 aliphatic carbocycles. The number of hydrogen-bond acceptors (Lipinski definition) is 3. The molecule has 0 unspecified atom stereocenters. The van der Waals surface area contributed by atoms with Gasteiger partial charge >= 0.3 is 8.56 Å². The van der Waals surface area contributed by atoms with Crippen molar-refractivity contribution in [1.82, 2.24) is 0 Å². The highest BCUT2D eigenvalue weighted by molar-refractivity contribution is 6.66. The first-order valence-corrected chi connectivity index (χ1v) is 6.76. The lowest BCUT2D eigenvalue weighted by molar-refractivity contribution is -0.115. The number of allylic oxidation sites excluding steroid dienone is 1. The quantitative estimate of drug-likeness (QED) is 0.487. The van der Waals surface area contributed by atoms with Crippen molar-refractivity contribution in [3.63, 3.8) is 0 Å². The van der Waals surface area contributed by atoms with Gasteiger partial charge in [0, 0.05) is 20.6 Å². The molecule has 0 rings (SSSR count). The summed E-state index contributed by atoms with van der Waals surface area (Å²) >= 11 is 0. The molecular formula is C9H18O3Si. The van der Waals surface area contributed by atoms with Crippen LogP contribution in [0.3, 0.4) is 0 Å². The minimum absolute atomic E-state index is 0.0906. The molecule has 0 heterocycles. The standard InChI is InChI=1S/C9H18O3Si/c1-8(2)9(10)6-7-13(5,11-3)12-4/h1,6-7H2,2-5H3. The van der Waals surface area contributed by atoms with Crippen LogP contribution < -0.4 is 0 Å². The van der Waals surface area contributed by atoms with E-state index in [1.807, 2.05) is 6.55 Å². The van der Waals surface area contributed by atoms with Crippen molar-refractivity contribution in [3.05, 3.63) is 12.2 Å². The van der Waals surface area contributed by atoms with Gasteiger partial charge in [-0.15, -0.1) is 0 Å². The van der Waals surface area contributed by atoms with Crippen LogP contribution in [0.1, 0.15) is 13.3 Å². The lowest BCUT2D eigenvalue weighted by Crippen LogP contribution is -2.36. The molecule has 0 aromatic carbocycles. The van der Waals surface area contributed by atoms with Gasteiger partial charge in [-0.1, -0.05) is 6.58 Å². The predicted molar refractivity (Wildman–Crippen MR) is 54.9 cm³/mol. The highest BCUT2D eigenvalue weighted by Gasteiger charge is 2.29. The van der Waals surface area contributed by atoms with Crippen molar-refractivity contribution < 1.29 is 13.6 Å². The number of ketones is 1. The van der Waals surface area contributed by atoms with Crippen LogP contribution in [0.2, 0.25) is 12.6 Å². The summed E-state index contributed by atoms with van der Waals surface area (Å²) in [5.74, 6) is 0.0906. The molecule has 0 saturated carbocycles. The van der Waals surface area contributed by atoms with E-state index in [1.165, 1.54) is 0 Å². The Balaban J connectivity index is 4.00. The van der Waals surface area contributed by atoms with Gasteiger partial charge in [0.05, 0.1) is 0 Å². The maximum absolute atomic E-state index is 11.2. The average molecular weight is 202 g/mol. The van der Waals surface area contributed by atoms with E-state index in [2.05, 4.69) is 6.58 Å². The van der Waals surface area contributed by atoms with Crippen LogP contribution in [0.15, 0.2) is 12.2 Å². The second-order valence-corrected chi connectivity index (χ2v) is 6.83. The first-order valence-electron chi connectivity index (χ1n) is 4.24. The number of rotatable bonds is 6. The molecule has 0 aliphatic rings. The molecular weight excluding hydrogens is 184 g/mol. The Morgan fingerprint density at radius 2 is 1.85 bits per heavy atom. The smallest absolute Gasteiger partial charge is 0.334 e. The first kappa shape index (κ1) is 12.5. The van der Waals surface area contributed by atoms with Crippen LogP contribution >= 0.6 is 0 Å². The van der Waals surface area contributed by atoms with Crippen LogP contribution in [-0.4, -0.2) is 28.6 Å². The van der Waals surface area contributed by atoms with E-state index >= 15 is 0 Å². The summed E-state index contributed by atoms with van der Waals surface area (Å²) in [5, 5.41) is 0. The molecule has 3 nitrogen and oxygen atoms in total. The third-order valence-electron chi connectivity index (χ3n) is 2.15. The Labute approximate surface area is 81.0 Å². The minimum atomic E-state index is -2.07. The fraction of sp³-hybridized carbons (Fsp3) is 0.667. The molecule has 0 bridgehead atoms. The lowest BCUT2D eigenvalue weighted by atomic mass is 10.2. The second-order valence-electron chi connectivity index (χ2n) is 3.25. The summed E-state index contributed by atoms with van der Waals surface area (Å²) in [7, 11) is 1.18. The van der Waals surface area contributed by atoms with Crippen LogP contribution in [0.25, 0.3) is 0 Å². The lowest BCUT2D eigenvalue weighted by Gasteiger charge is -2.22. The van der Waals surface area contributed by atoms with E-state index in [1.54, 1.807) is 21.1 Å². The van der Waals surface area contributed by atoms with E-state index in [4.69, 9.17) is 8.85 Å². The number of hydrogen-bond donors (Lipinski definition) is 0. The van der Waals surface area contributed by atoms with Gasteiger partial charge in [-0.3, -0.25) is 4.79 Å². The van der Waals surface area contributed by atoms with E-state index in [9.17, 15) is 4.79 Å². The molecule has 0 radical (unpaired) electrons. The third kappa shape index (κ3) is 4.35. The van der Waals surface area contributed by atoms with Crippen molar-refractivity contribution in [1.29, 1.82) is 0 Å². The van der Waals surface area contributed by atoms with E-state index in [0.717, 1.165) is 0 Å². The molecule has 0 N–H and O–H groups in total. The summed E-state index contributed by atoms with van der Waals surface area (Å²) < 4.78 is 10.5. The molecule has 0 aromatic rings. The van der Waals surface area contributed by atoms with Crippen molar-refractivity contribution in [2.75, 3.05) is 14.2 Å². The van der Waals surface area contributed by atoms with Crippen molar-refractivity contribution in [2.45, 2.75) is 25.9 Å². The largest absolute Gasteiger partial charge is 0.398 e. The van der Waals surface area contributed by atoms with Crippen LogP contribution in [-0.2, 0) is 13.6 Å². The molecule has 0 aliphatic heterocycles. The zero-order valence-corrected chi connectivity index (χ0v) is 9.85. The molecule has 0 spiro atoms. The maximum atomic E-state index is 11.2. The topological polar surface area (TPSA) is 35.5 Å². The molecule has 4 heteroatoms. The Morgan fingerprint density at radius 1 is 1.38 bits per heavy atom. The minimum Gasteiger partial charge on any atom is -0.398 e. The summed E-state index contributed by atoms with van der Waals surface area (Å²) in [6.07, 6.45) is 0.472.